The molecule has 0 unspecified atom stereocenters. The summed E-state index contributed by atoms with van der Waals surface area (Å²) < 4.78 is 88.9. The second-order valence-electron chi connectivity index (χ2n) is 12.8. The van der Waals surface area contributed by atoms with Gasteiger partial charge in [-0.1, -0.05) is 24.3 Å². The average Bonchev–Trinajstić information content (AvgIpc) is 3.56. The fourth-order valence-corrected chi connectivity index (χ4v) is 6.34. The lowest BCUT2D eigenvalue weighted by molar-refractivity contribution is -0.202. The van der Waals surface area contributed by atoms with Crippen LogP contribution in [-0.4, -0.2) is 80.7 Å². The van der Waals surface area contributed by atoms with Gasteiger partial charge in [0.2, 0.25) is 5.91 Å². The summed E-state index contributed by atoms with van der Waals surface area (Å²) in [6.45, 7) is 0.887. The molecule has 1 spiro atoms. The maximum atomic E-state index is 15.6. The van der Waals surface area contributed by atoms with Crippen LogP contribution in [0.1, 0.15) is 42.9 Å². The molecule has 1 saturated heterocycles. The number of nitrogens with zero attached hydrogens (tertiary/aromatic N) is 5. The fraction of sp³-hybridized carbons (Fsp3) is 0.438. The van der Waals surface area contributed by atoms with Crippen LogP contribution in [0.3, 0.4) is 0 Å². The largest absolute Gasteiger partial charge is 0.411 e. The van der Waals surface area contributed by atoms with Crippen LogP contribution >= 0.6 is 0 Å². The second kappa shape index (κ2) is 11.1. The normalized spacial score (nSPS) is 21.7. The molecule has 0 radical (unpaired) electrons. The first kappa shape index (κ1) is 32.5. The number of fused-ring (bicyclic) bond motifs is 2. The summed E-state index contributed by atoms with van der Waals surface area (Å²) in [7, 11) is 3.84. The van der Waals surface area contributed by atoms with E-state index in [0.29, 0.717) is 27.5 Å². The summed E-state index contributed by atoms with van der Waals surface area (Å²) in [4.78, 5) is 43.3. The summed E-state index contributed by atoms with van der Waals surface area (Å²) in [6.07, 6.45) is -3.50. The molecule has 9 nitrogen and oxygen atoms in total. The molecular weight excluding hydrogens is 630 g/mol. The molecule has 0 bridgehead atoms. The maximum absolute atomic E-state index is 15.6. The Morgan fingerprint density at radius 2 is 1.72 bits per heavy atom. The van der Waals surface area contributed by atoms with Gasteiger partial charge in [0, 0.05) is 29.9 Å². The Morgan fingerprint density at radius 3 is 2.34 bits per heavy atom. The molecule has 3 aromatic rings. The Bertz CT molecular complexity index is 1740. The van der Waals surface area contributed by atoms with Gasteiger partial charge >= 0.3 is 12.2 Å². The zero-order valence-electron chi connectivity index (χ0n) is 25.7. The van der Waals surface area contributed by atoms with Crippen molar-refractivity contribution in [1.29, 1.82) is 0 Å². The van der Waals surface area contributed by atoms with Crippen LogP contribution < -0.4 is 5.32 Å². The number of amides is 4. The quantitative estimate of drug-likeness (QED) is 0.257. The minimum absolute atomic E-state index is 0.150. The molecule has 2 aromatic carbocycles. The second-order valence-corrected chi connectivity index (χ2v) is 12.8. The highest BCUT2D eigenvalue weighted by atomic mass is 19.4. The van der Waals surface area contributed by atoms with Gasteiger partial charge in [-0.05, 0) is 68.8 Å². The molecule has 47 heavy (non-hydrogen) atoms. The predicted octanol–water partition coefficient (Wildman–Crippen LogP) is 5.01. The van der Waals surface area contributed by atoms with Crippen molar-refractivity contribution in [1.82, 2.24) is 29.8 Å². The first-order valence-electron chi connectivity index (χ1n) is 15.0. The van der Waals surface area contributed by atoms with E-state index in [1.807, 2.05) is 25.9 Å². The number of benzene rings is 2. The number of halogens is 6. The fourth-order valence-electron chi connectivity index (χ4n) is 6.34. The Hall–Kier alpha value is -4.40. The Balaban J connectivity index is 1.27. The zero-order chi connectivity index (χ0) is 34.1. The van der Waals surface area contributed by atoms with Crippen molar-refractivity contribution in [2.45, 2.75) is 68.5 Å². The molecule has 1 aromatic heterocycles. The van der Waals surface area contributed by atoms with Gasteiger partial charge in [-0.2, -0.15) is 18.3 Å². The van der Waals surface area contributed by atoms with Gasteiger partial charge in [-0.3, -0.25) is 19.2 Å². The monoisotopic (exact) mass is 662 g/mol. The summed E-state index contributed by atoms with van der Waals surface area (Å²) in [5.41, 5.74) is -4.23. The number of aromatic nitrogens is 2. The summed E-state index contributed by atoms with van der Waals surface area (Å²) in [5.74, 6) is -6.55. The third kappa shape index (κ3) is 5.53. The summed E-state index contributed by atoms with van der Waals surface area (Å²) in [5, 5.41) is 6.64. The van der Waals surface area contributed by atoms with E-state index < -0.39 is 84.8 Å². The van der Waals surface area contributed by atoms with Crippen molar-refractivity contribution in [3.8, 4) is 11.1 Å². The summed E-state index contributed by atoms with van der Waals surface area (Å²) >= 11 is 0. The van der Waals surface area contributed by atoms with Gasteiger partial charge in [0.05, 0.1) is 19.2 Å². The molecule has 250 valence electrons. The molecule has 6 rings (SSSR count). The topological polar surface area (TPSA) is 90.8 Å². The molecule has 2 heterocycles. The van der Waals surface area contributed by atoms with E-state index in [2.05, 4.69) is 10.4 Å². The molecule has 1 saturated carbocycles. The first-order chi connectivity index (χ1) is 22.0. The van der Waals surface area contributed by atoms with Crippen LogP contribution in [0.4, 0.5) is 31.1 Å². The molecule has 2 fully saturated rings. The SMILES string of the molecule is C[C@H](Cn1cc(-c2ccc3c(c2)C(F)(F)C[C@]32NC(=O)N(CC(=O)N(Cc3ccc(F)cc3)C3(C(F)(F)F)CC3)C2=O)cn1)N(C)C. The standard InChI is InChI=1S/C32H32F6N6O3/c1-19(41(2)3)14-42-16-22(13-39-42)21-6-9-24-25(12-21)31(34,35)18-30(24)27(46)43(28(47)40-30)17-26(45)44(29(10-11-29)32(36,37)38)15-20-4-7-23(33)8-5-20/h4-9,12-13,16,19H,10-11,14-15,17-18H2,1-3H3,(H,40,47)/t19-,30+/m1/s1. The number of urea groups is 1. The molecule has 15 heteroatoms. The molecule has 4 amide bonds. The number of nitrogens with one attached hydrogen (secondary N) is 1. The maximum Gasteiger partial charge on any atom is 0.411 e. The van der Waals surface area contributed by atoms with Crippen LogP contribution in [0.5, 0.6) is 0 Å². The highest BCUT2D eigenvalue weighted by Crippen LogP contribution is 2.55. The first-order valence-corrected chi connectivity index (χ1v) is 15.0. The number of carbonyl (C=O) groups excluding carboxylic acids is 3. The lowest BCUT2D eigenvalue weighted by Gasteiger charge is -2.34. The zero-order valence-corrected chi connectivity index (χ0v) is 25.7. The van der Waals surface area contributed by atoms with Gasteiger partial charge in [0.25, 0.3) is 11.8 Å². The van der Waals surface area contributed by atoms with Crippen molar-refractivity contribution in [3.05, 3.63) is 77.4 Å². The number of carbonyl (C=O) groups is 3. The molecule has 1 N–H and O–H groups in total. The van der Waals surface area contributed by atoms with Crippen LogP contribution in [0.25, 0.3) is 11.1 Å². The van der Waals surface area contributed by atoms with E-state index in [0.717, 1.165) is 12.1 Å². The molecular formula is C32H32F6N6O3. The van der Waals surface area contributed by atoms with Crippen molar-refractivity contribution >= 4 is 17.8 Å². The minimum atomic E-state index is -4.83. The number of hydrogen-bond acceptors (Lipinski definition) is 5. The Labute approximate surface area is 266 Å². The third-order valence-electron chi connectivity index (χ3n) is 9.45. The van der Waals surface area contributed by atoms with Gasteiger partial charge in [0.15, 0.2) is 5.54 Å². The minimum Gasteiger partial charge on any atom is -0.322 e. The highest BCUT2D eigenvalue weighted by Gasteiger charge is 2.69. The van der Waals surface area contributed by atoms with Gasteiger partial charge in [-0.15, -0.1) is 0 Å². The molecule has 1 aliphatic heterocycles. The number of imide groups is 1. The van der Waals surface area contributed by atoms with Crippen molar-refractivity contribution < 1.29 is 40.7 Å². The molecule has 2 atom stereocenters. The van der Waals surface area contributed by atoms with Gasteiger partial charge < -0.3 is 15.1 Å². The number of rotatable bonds is 9. The Morgan fingerprint density at radius 1 is 1.04 bits per heavy atom. The molecule has 3 aliphatic rings. The van der Waals surface area contributed by atoms with E-state index in [1.165, 1.54) is 36.5 Å². The van der Waals surface area contributed by atoms with Crippen molar-refractivity contribution in [2.24, 2.45) is 0 Å². The van der Waals surface area contributed by atoms with E-state index in [4.69, 9.17) is 0 Å². The number of hydrogen-bond donors (Lipinski definition) is 1. The van der Waals surface area contributed by atoms with Gasteiger partial charge in [0.1, 0.15) is 17.9 Å². The van der Waals surface area contributed by atoms with Crippen LogP contribution in [0.15, 0.2) is 54.9 Å². The smallest absolute Gasteiger partial charge is 0.322 e. The van der Waals surface area contributed by atoms with Crippen LogP contribution in [0.2, 0.25) is 0 Å². The molecule has 2 aliphatic carbocycles. The van der Waals surface area contributed by atoms with E-state index in [9.17, 15) is 31.9 Å². The van der Waals surface area contributed by atoms with Gasteiger partial charge in [-0.25, -0.2) is 18.0 Å². The van der Waals surface area contributed by atoms with E-state index >= 15 is 8.78 Å². The van der Waals surface area contributed by atoms with Crippen molar-refractivity contribution in [2.75, 3.05) is 20.6 Å². The predicted molar refractivity (Wildman–Crippen MR) is 156 cm³/mol. The number of likely N-dealkylation sites (N-methyl/N-ethyl adjacent to an activating group) is 1. The van der Waals surface area contributed by atoms with E-state index in [-0.39, 0.29) is 17.2 Å². The lowest BCUT2D eigenvalue weighted by Crippen LogP contribution is -2.54. The Kier molecular flexibility index (Phi) is 7.68. The van der Waals surface area contributed by atoms with Crippen LogP contribution in [-0.2, 0) is 34.1 Å². The lowest BCUT2D eigenvalue weighted by atomic mass is 9.90. The number of alkyl halides is 5. The van der Waals surface area contributed by atoms with E-state index in [1.54, 1.807) is 10.9 Å². The highest BCUT2D eigenvalue weighted by molar-refractivity contribution is 6.10. The van der Waals surface area contributed by atoms with Crippen LogP contribution in [0, 0.1) is 5.82 Å². The average molecular weight is 663 g/mol. The third-order valence-corrected chi connectivity index (χ3v) is 9.45. The summed E-state index contributed by atoms with van der Waals surface area (Å²) in [6, 6.07) is 7.58. The van der Waals surface area contributed by atoms with Crippen molar-refractivity contribution in [3.63, 3.8) is 0 Å².